The number of carbonyl (C=O) groups excluding carboxylic acids is 1. The Labute approximate surface area is 175 Å². The van der Waals surface area contributed by atoms with E-state index in [-0.39, 0.29) is 23.3 Å². The van der Waals surface area contributed by atoms with E-state index in [0.29, 0.717) is 29.1 Å². The number of nitrogens with one attached hydrogen (secondary N) is 2. The van der Waals surface area contributed by atoms with Gasteiger partial charge in [0.15, 0.2) is 0 Å². The molecule has 10 heteroatoms. The minimum absolute atomic E-state index is 0.0909. The summed E-state index contributed by atoms with van der Waals surface area (Å²) in [6.45, 7) is -0.927. The van der Waals surface area contributed by atoms with Crippen molar-refractivity contribution in [1.29, 1.82) is 0 Å². The molecule has 0 saturated carbocycles. The van der Waals surface area contributed by atoms with Crippen molar-refractivity contribution in [3.63, 3.8) is 0 Å². The molecule has 0 bridgehead atoms. The summed E-state index contributed by atoms with van der Waals surface area (Å²) in [7, 11) is 0. The van der Waals surface area contributed by atoms with Gasteiger partial charge in [-0.25, -0.2) is 9.97 Å². The Kier molecular flexibility index (Phi) is 6.73. The molecule has 0 radical (unpaired) electrons. The largest absolute Gasteiger partial charge is 0.417 e. The molecule has 3 aromatic rings. The molecule has 2 heterocycles. The summed E-state index contributed by atoms with van der Waals surface area (Å²) < 4.78 is 28.8. The fourth-order valence-corrected chi connectivity index (χ4v) is 2.82. The lowest BCUT2D eigenvalue weighted by Gasteiger charge is -2.10. The van der Waals surface area contributed by atoms with Gasteiger partial charge < -0.3 is 15.0 Å². The molecule has 2 N–H and O–H groups in total. The van der Waals surface area contributed by atoms with Gasteiger partial charge in [-0.05, 0) is 23.8 Å². The van der Waals surface area contributed by atoms with Crippen LogP contribution in [0.4, 0.5) is 8.78 Å². The topological polar surface area (TPSA) is 97.0 Å². The smallest absolute Gasteiger partial charge is 0.388 e. The number of carbonyl (C=O) groups is 1. The third-order valence-electron chi connectivity index (χ3n) is 4.08. The van der Waals surface area contributed by atoms with E-state index in [4.69, 9.17) is 11.6 Å². The van der Waals surface area contributed by atoms with Crippen LogP contribution in [0.25, 0.3) is 22.6 Å². The molecule has 0 saturated heterocycles. The van der Waals surface area contributed by atoms with Gasteiger partial charge in [-0.2, -0.15) is 8.78 Å². The van der Waals surface area contributed by atoms with Crippen molar-refractivity contribution in [3.8, 4) is 28.5 Å². The fourth-order valence-electron chi connectivity index (χ4n) is 2.62. The number of benzene rings is 1. The normalized spacial score (nSPS) is 10.8. The van der Waals surface area contributed by atoms with Crippen LogP contribution in [0.2, 0.25) is 5.02 Å². The number of H-pyrrole nitrogens is 1. The number of rotatable bonds is 7. The van der Waals surface area contributed by atoms with Crippen molar-refractivity contribution in [3.05, 3.63) is 63.5 Å². The van der Waals surface area contributed by atoms with E-state index in [1.807, 2.05) is 0 Å². The fraction of sp³-hybridized carbons (Fsp3) is 0.200. The first kappa shape index (κ1) is 21.4. The zero-order valence-electron chi connectivity index (χ0n) is 15.8. The summed E-state index contributed by atoms with van der Waals surface area (Å²) in [4.78, 5) is 34.5. The number of hydrogen-bond acceptors (Lipinski definition) is 5. The summed E-state index contributed by atoms with van der Waals surface area (Å²) >= 11 is 6.29. The molecule has 7 nitrogen and oxygen atoms in total. The second-order valence-corrected chi connectivity index (χ2v) is 6.59. The second-order valence-electron chi connectivity index (χ2n) is 6.19. The summed E-state index contributed by atoms with van der Waals surface area (Å²) in [6, 6.07) is 9.11. The Bertz CT molecular complexity index is 1100. The van der Waals surface area contributed by atoms with Gasteiger partial charge in [-0.3, -0.25) is 9.59 Å². The minimum Gasteiger partial charge on any atom is -0.417 e. The van der Waals surface area contributed by atoms with Crippen molar-refractivity contribution < 1.29 is 18.3 Å². The van der Waals surface area contributed by atoms with E-state index < -0.39 is 12.2 Å². The van der Waals surface area contributed by atoms with E-state index in [0.717, 1.165) is 5.56 Å². The van der Waals surface area contributed by atoms with Gasteiger partial charge in [0.25, 0.3) is 5.56 Å². The van der Waals surface area contributed by atoms with Crippen LogP contribution in [0.15, 0.2) is 47.4 Å². The van der Waals surface area contributed by atoms with Crippen LogP contribution in [0.5, 0.6) is 5.88 Å². The molecular formula is C20H17ClF2N4O3. The first-order valence-corrected chi connectivity index (χ1v) is 9.31. The van der Waals surface area contributed by atoms with Crippen LogP contribution in [-0.2, 0) is 11.3 Å². The number of nitrogens with zero attached hydrogens (tertiary/aromatic N) is 2. The number of hydrogen-bond donors (Lipinski definition) is 2. The highest BCUT2D eigenvalue weighted by molar-refractivity contribution is 6.33. The second kappa shape index (κ2) is 9.45. The molecule has 0 aliphatic carbocycles. The molecule has 0 fully saturated rings. The zero-order chi connectivity index (χ0) is 21.7. The third-order valence-corrected chi connectivity index (χ3v) is 4.41. The van der Waals surface area contributed by atoms with Crippen molar-refractivity contribution in [2.45, 2.75) is 26.5 Å². The SMILES string of the molecule is CCC(=O)NCc1ccc(Cl)c(-c2nc(-c3ccc(OC(F)F)nc3)cc(=O)[nH]2)c1. The van der Waals surface area contributed by atoms with E-state index >= 15 is 0 Å². The number of amides is 1. The Balaban J connectivity index is 1.93. The predicted octanol–water partition coefficient (Wildman–Crippen LogP) is 3.78. The van der Waals surface area contributed by atoms with Crippen molar-refractivity contribution in [2.24, 2.45) is 0 Å². The van der Waals surface area contributed by atoms with Gasteiger partial charge in [-0.15, -0.1) is 0 Å². The Hall–Kier alpha value is -3.33. The molecule has 1 amide bonds. The van der Waals surface area contributed by atoms with Crippen LogP contribution in [0.3, 0.4) is 0 Å². The maximum absolute atomic E-state index is 12.3. The van der Waals surface area contributed by atoms with Crippen molar-refractivity contribution in [2.75, 3.05) is 0 Å². The Morgan fingerprint density at radius 1 is 1.27 bits per heavy atom. The number of halogens is 3. The lowest BCUT2D eigenvalue weighted by Crippen LogP contribution is -2.21. The molecule has 0 unspecified atom stereocenters. The summed E-state index contributed by atoms with van der Waals surface area (Å²) in [6.07, 6.45) is 1.65. The molecule has 30 heavy (non-hydrogen) atoms. The first-order valence-electron chi connectivity index (χ1n) is 8.94. The minimum atomic E-state index is -2.98. The molecule has 3 rings (SSSR count). The van der Waals surface area contributed by atoms with Crippen LogP contribution in [0.1, 0.15) is 18.9 Å². The molecule has 0 spiro atoms. The standard InChI is InChI=1S/C20H17ClF2N4O3/c1-2-16(28)24-9-11-3-5-14(21)13(7-11)19-26-15(8-17(29)27-19)12-4-6-18(25-10-12)30-20(22)23/h3-8,10,20H,2,9H2,1H3,(H,24,28)(H,26,27,29). The monoisotopic (exact) mass is 434 g/mol. The zero-order valence-corrected chi connectivity index (χ0v) is 16.5. The quantitative estimate of drug-likeness (QED) is 0.590. The van der Waals surface area contributed by atoms with E-state index in [1.54, 1.807) is 25.1 Å². The van der Waals surface area contributed by atoms with Crippen molar-refractivity contribution >= 4 is 17.5 Å². The highest BCUT2D eigenvalue weighted by Gasteiger charge is 2.12. The van der Waals surface area contributed by atoms with Crippen LogP contribution < -0.4 is 15.6 Å². The van der Waals surface area contributed by atoms with Crippen molar-refractivity contribution in [1.82, 2.24) is 20.3 Å². The average molecular weight is 435 g/mol. The third kappa shape index (κ3) is 5.38. The van der Waals surface area contributed by atoms with E-state index in [2.05, 4.69) is 25.0 Å². The summed E-state index contributed by atoms with van der Waals surface area (Å²) in [5.74, 6) is -0.116. The maximum Gasteiger partial charge on any atom is 0.388 e. The number of ether oxygens (including phenoxy) is 1. The molecule has 2 aromatic heterocycles. The van der Waals surface area contributed by atoms with Crippen LogP contribution in [-0.4, -0.2) is 27.5 Å². The molecule has 0 aliphatic rings. The first-order chi connectivity index (χ1) is 14.4. The lowest BCUT2D eigenvalue weighted by molar-refractivity contribution is -0.120. The van der Waals surface area contributed by atoms with E-state index in [9.17, 15) is 18.4 Å². The number of aromatic amines is 1. The average Bonchev–Trinajstić information content (AvgIpc) is 2.72. The van der Waals surface area contributed by atoms with Gasteiger partial charge in [0, 0.05) is 42.4 Å². The number of pyridine rings is 1. The van der Waals surface area contributed by atoms with Gasteiger partial charge in [-0.1, -0.05) is 24.6 Å². The molecule has 0 atom stereocenters. The highest BCUT2D eigenvalue weighted by atomic mass is 35.5. The lowest BCUT2D eigenvalue weighted by atomic mass is 10.1. The Morgan fingerprint density at radius 3 is 2.73 bits per heavy atom. The maximum atomic E-state index is 12.3. The van der Waals surface area contributed by atoms with Gasteiger partial charge in [0.2, 0.25) is 11.8 Å². The number of alkyl halides is 2. The summed E-state index contributed by atoms with van der Waals surface area (Å²) in [5, 5.41) is 3.13. The van der Waals surface area contributed by atoms with Crippen LogP contribution in [0, 0.1) is 0 Å². The van der Waals surface area contributed by atoms with Gasteiger partial charge in [0.05, 0.1) is 10.7 Å². The molecule has 156 valence electrons. The summed E-state index contributed by atoms with van der Waals surface area (Å²) in [5.41, 5.74) is 1.55. The predicted molar refractivity (Wildman–Crippen MR) is 107 cm³/mol. The molecular weight excluding hydrogens is 418 g/mol. The highest BCUT2D eigenvalue weighted by Crippen LogP contribution is 2.27. The number of aromatic nitrogens is 3. The van der Waals surface area contributed by atoms with Gasteiger partial charge in [0.1, 0.15) is 5.82 Å². The Morgan fingerprint density at radius 2 is 2.07 bits per heavy atom. The van der Waals surface area contributed by atoms with Crippen LogP contribution >= 0.6 is 11.6 Å². The van der Waals surface area contributed by atoms with E-state index in [1.165, 1.54) is 24.4 Å². The molecule has 0 aliphatic heterocycles. The van der Waals surface area contributed by atoms with Gasteiger partial charge >= 0.3 is 6.61 Å². The molecule has 1 aromatic carbocycles.